The van der Waals surface area contributed by atoms with Gasteiger partial charge in [-0.05, 0) is 36.4 Å². The average Bonchev–Trinajstić information content (AvgIpc) is 3.03. The second kappa shape index (κ2) is 6.17. The topological polar surface area (TPSA) is 57.0 Å². The maximum Gasteiger partial charge on any atom is 0.338 e. The molecule has 0 bridgehead atoms. The van der Waals surface area contributed by atoms with Gasteiger partial charge >= 0.3 is 5.97 Å². The van der Waals surface area contributed by atoms with Crippen LogP contribution in [0.2, 0.25) is 0 Å². The molecule has 2 aromatic carbocycles. The molecule has 3 rings (SSSR count). The number of aromatic nitrogens is 3. The summed E-state index contributed by atoms with van der Waals surface area (Å²) in [6, 6.07) is 14.6. The lowest BCUT2D eigenvalue weighted by atomic mass is 10.2. The smallest absolute Gasteiger partial charge is 0.338 e. The van der Waals surface area contributed by atoms with Gasteiger partial charge in [-0.15, -0.1) is 5.10 Å². The van der Waals surface area contributed by atoms with Gasteiger partial charge in [0, 0.05) is 0 Å². The number of benzene rings is 2. The van der Waals surface area contributed by atoms with Crippen molar-refractivity contribution in [3.63, 3.8) is 0 Å². The van der Waals surface area contributed by atoms with Crippen molar-refractivity contribution in [3.8, 4) is 5.69 Å². The molecule has 0 amide bonds. The predicted molar refractivity (Wildman–Crippen MR) is 76.9 cm³/mol. The van der Waals surface area contributed by atoms with Gasteiger partial charge in [-0.25, -0.2) is 13.9 Å². The van der Waals surface area contributed by atoms with Gasteiger partial charge < -0.3 is 4.74 Å². The van der Waals surface area contributed by atoms with E-state index in [0.717, 1.165) is 5.69 Å². The summed E-state index contributed by atoms with van der Waals surface area (Å²) in [6.45, 7) is 0.00302. The molecule has 0 fully saturated rings. The summed E-state index contributed by atoms with van der Waals surface area (Å²) in [5.41, 5.74) is 1.68. The van der Waals surface area contributed by atoms with E-state index in [1.165, 1.54) is 24.3 Å². The maximum absolute atomic E-state index is 12.8. The number of carbonyl (C=O) groups excluding carboxylic acids is 1. The van der Waals surface area contributed by atoms with Crippen LogP contribution in [0.25, 0.3) is 5.69 Å². The molecule has 3 aromatic rings. The summed E-state index contributed by atoms with van der Waals surface area (Å²) in [4.78, 5) is 11.8. The number of para-hydroxylation sites is 1. The van der Waals surface area contributed by atoms with Crippen LogP contribution in [0.3, 0.4) is 0 Å². The normalized spacial score (nSPS) is 10.4. The molecule has 6 heteroatoms. The maximum atomic E-state index is 12.8. The van der Waals surface area contributed by atoms with Gasteiger partial charge in [0.25, 0.3) is 0 Å². The SMILES string of the molecule is O=C(OCc1cn(-c2ccccc2)nn1)c1ccc(F)cc1. The summed E-state index contributed by atoms with van der Waals surface area (Å²) in [6.07, 6.45) is 1.69. The van der Waals surface area contributed by atoms with Crippen molar-refractivity contribution < 1.29 is 13.9 Å². The van der Waals surface area contributed by atoms with Crippen LogP contribution < -0.4 is 0 Å². The summed E-state index contributed by atoms with van der Waals surface area (Å²) >= 11 is 0. The zero-order chi connectivity index (χ0) is 15.4. The Morgan fingerprint density at radius 3 is 2.55 bits per heavy atom. The van der Waals surface area contributed by atoms with E-state index in [-0.39, 0.29) is 12.2 Å². The molecule has 1 aromatic heterocycles. The lowest BCUT2D eigenvalue weighted by Crippen LogP contribution is -2.05. The summed E-state index contributed by atoms with van der Waals surface area (Å²) in [7, 11) is 0. The second-order valence-corrected chi connectivity index (χ2v) is 4.57. The fraction of sp³-hybridized carbons (Fsp3) is 0.0625. The second-order valence-electron chi connectivity index (χ2n) is 4.57. The molecule has 22 heavy (non-hydrogen) atoms. The van der Waals surface area contributed by atoms with Gasteiger partial charge in [0.15, 0.2) is 0 Å². The Morgan fingerprint density at radius 2 is 1.82 bits per heavy atom. The Morgan fingerprint density at radius 1 is 1.09 bits per heavy atom. The molecule has 0 aliphatic heterocycles. The molecule has 0 unspecified atom stereocenters. The first-order valence-corrected chi connectivity index (χ1v) is 6.62. The Hall–Kier alpha value is -3.02. The fourth-order valence-corrected chi connectivity index (χ4v) is 1.88. The van der Waals surface area contributed by atoms with Crippen molar-refractivity contribution in [1.82, 2.24) is 15.0 Å². The van der Waals surface area contributed by atoms with Crippen LogP contribution in [0, 0.1) is 5.82 Å². The molecule has 0 saturated heterocycles. The van der Waals surface area contributed by atoms with Crippen molar-refractivity contribution >= 4 is 5.97 Å². The highest BCUT2D eigenvalue weighted by atomic mass is 19.1. The third-order valence-electron chi connectivity index (χ3n) is 2.99. The molecule has 0 radical (unpaired) electrons. The van der Waals surface area contributed by atoms with E-state index in [1.54, 1.807) is 10.9 Å². The number of rotatable bonds is 4. The van der Waals surface area contributed by atoms with E-state index in [1.807, 2.05) is 30.3 Å². The quantitative estimate of drug-likeness (QED) is 0.695. The average molecular weight is 297 g/mol. The zero-order valence-electron chi connectivity index (χ0n) is 11.5. The van der Waals surface area contributed by atoms with Crippen LogP contribution in [0.4, 0.5) is 4.39 Å². The van der Waals surface area contributed by atoms with Crippen molar-refractivity contribution in [2.75, 3.05) is 0 Å². The van der Waals surface area contributed by atoms with Gasteiger partial charge in [-0.3, -0.25) is 0 Å². The molecule has 5 nitrogen and oxygen atoms in total. The van der Waals surface area contributed by atoms with E-state index in [4.69, 9.17) is 4.74 Å². The Balaban J connectivity index is 1.64. The third kappa shape index (κ3) is 3.17. The van der Waals surface area contributed by atoms with Crippen molar-refractivity contribution in [1.29, 1.82) is 0 Å². The first-order valence-electron chi connectivity index (χ1n) is 6.62. The van der Waals surface area contributed by atoms with E-state index in [9.17, 15) is 9.18 Å². The molecule has 0 saturated carbocycles. The van der Waals surface area contributed by atoms with Crippen LogP contribution in [-0.2, 0) is 11.3 Å². The largest absolute Gasteiger partial charge is 0.455 e. The number of carbonyl (C=O) groups is 1. The highest BCUT2D eigenvalue weighted by Crippen LogP contribution is 2.08. The van der Waals surface area contributed by atoms with Crippen LogP contribution in [0.5, 0.6) is 0 Å². The monoisotopic (exact) mass is 297 g/mol. The molecule has 0 spiro atoms. The number of hydrogen-bond acceptors (Lipinski definition) is 4. The number of nitrogens with zero attached hydrogens (tertiary/aromatic N) is 3. The minimum absolute atomic E-state index is 0.00302. The Kier molecular flexibility index (Phi) is 3.91. The fourth-order valence-electron chi connectivity index (χ4n) is 1.88. The van der Waals surface area contributed by atoms with Crippen LogP contribution in [-0.4, -0.2) is 21.0 Å². The minimum Gasteiger partial charge on any atom is -0.455 e. The van der Waals surface area contributed by atoms with Crippen molar-refractivity contribution in [2.45, 2.75) is 6.61 Å². The third-order valence-corrected chi connectivity index (χ3v) is 2.99. The summed E-state index contributed by atoms with van der Waals surface area (Å²) < 4.78 is 19.5. The first-order chi connectivity index (χ1) is 10.7. The predicted octanol–water partition coefficient (Wildman–Crippen LogP) is 2.76. The van der Waals surface area contributed by atoms with E-state index in [0.29, 0.717) is 5.69 Å². The highest BCUT2D eigenvalue weighted by molar-refractivity contribution is 5.89. The number of hydrogen-bond donors (Lipinski definition) is 0. The van der Waals surface area contributed by atoms with Crippen LogP contribution >= 0.6 is 0 Å². The van der Waals surface area contributed by atoms with Crippen LogP contribution in [0.15, 0.2) is 60.8 Å². The molecular formula is C16H12FN3O2. The molecule has 0 aliphatic carbocycles. The molecule has 1 heterocycles. The van der Waals surface area contributed by atoms with E-state index >= 15 is 0 Å². The van der Waals surface area contributed by atoms with Gasteiger partial charge in [0.1, 0.15) is 18.1 Å². The Labute approximate surface area is 126 Å². The zero-order valence-corrected chi connectivity index (χ0v) is 11.5. The summed E-state index contributed by atoms with van der Waals surface area (Å²) in [5, 5.41) is 7.92. The van der Waals surface area contributed by atoms with E-state index < -0.39 is 11.8 Å². The minimum atomic E-state index is -0.533. The lowest BCUT2D eigenvalue weighted by Gasteiger charge is -2.02. The van der Waals surface area contributed by atoms with Gasteiger partial charge in [-0.2, -0.15) is 0 Å². The Bertz CT molecular complexity index is 770. The number of esters is 1. The first kappa shape index (κ1) is 13.9. The molecular weight excluding hydrogens is 285 g/mol. The standard InChI is InChI=1S/C16H12FN3O2/c17-13-8-6-12(7-9-13)16(21)22-11-14-10-20(19-18-14)15-4-2-1-3-5-15/h1-10H,11H2. The summed E-state index contributed by atoms with van der Waals surface area (Å²) in [5.74, 6) is -0.934. The van der Waals surface area contributed by atoms with E-state index in [2.05, 4.69) is 10.3 Å². The molecule has 0 N–H and O–H groups in total. The van der Waals surface area contributed by atoms with Crippen molar-refractivity contribution in [3.05, 3.63) is 77.9 Å². The molecule has 0 aliphatic rings. The van der Waals surface area contributed by atoms with Gasteiger partial charge in [0.05, 0.1) is 17.4 Å². The van der Waals surface area contributed by atoms with Crippen molar-refractivity contribution in [2.24, 2.45) is 0 Å². The number of halogens is 1. The van der Waals surface area contributed by atoms with Crippen LogP contribution in [0.1, 0.15) is 16.1 Å². The van der Waals surface area contributed by atoms with Gasteiger partial charge in [-0.1, -0.05) is 23.4 Å². The highest BCUT2D eigenvalue weighted by Gasteiger charge is 2.09. The molecule has 0 atom stereocenters. The van der Waals surface area contributed by atoms with Gasteiger partial charge in [0.2, 0.25) is 0 Å². The molecule has 110 valence electrons. The number of ether oxygens (including phenoxy) is 1. The lowest BCUT2D eigenvalue weighted by molar-refractivity contribution is 0.0467.